The van der Waals surface area contributed by atoms with Crippen LogP contribution in [0.2, 0.25) is 5.02 Å². The number of amides is 2. The van der Waals surface area contributed by atoms with Gasteiger partial charge in [0, 0.05) is 60.5 Å². The fourth-order valence-corrected chi connectivity index (χ4v) is 4.69. The molecule has 2 aliphatic heterocycles. The highest BCUT2D eigenvalue weighted by atomic mass is 35.5. The number of nitrogens with zero attached hydrogens (tertiary/aromatic N) is 3. The highest BCUT2D eigenvalue weighted by molar-refractivity contribution is 6.30. The summed E-state index contributed by atoms with van der Waals surface area (Å²) in [5, 5.41) is 0.619. The van der Waals surface area contributed by atoms with E-state index in [1.807, 2.05) is 40.1 Å². The molecule has 0 saturated carbocycles. The summed E-state index contributed by atoms with van der Waals surface area (Å²) in [6.07, 6.45) is 0. The molecule has 0 aromatic heterocycles. The molecular formula is C23H26ClN3O2. The molecule has 29 heavy (non-hydrogen) atoms. The van der Waals surface area contributed by atoms with E-state index in [2.05, 4.69) is 18.7 Å². The number of hydrogen-bond acceptors (Lipinski definition) is 3. The van der Waals surface area contributed by atoms with Crippen LogP contribution in [0.5, 0.6) is 0 Å². The molecule has 0 spiro atoms. The van der Waals surface area contributed by atoms with Crippen LogP contribution in [-0.4, -0.2) is 70.8 Å². The Kier molecular flexibility index (Phi) is 5.36. The first-order valence-corrected chi connectivity index (χ1v) is 10.4. The van der Waals surface area contributed by atoms with Gasteiger partial charge in [-0.15, -0.1) is 0 Å². The van der Waals surface area contributed by atoms with Gasteiger partial charge in [0.1, 0.15) is 0 Å². The number of hydrogen-bond donors (Lipinski definition) is 0. The molecule has 0 radical (unpaired) electrons. The van der Waals surface area contributed by atoms with Gasteiger partial charge in [-0.3, -0.25) is 14.5 Å². The fraction of sp³-hybridized carbons (Fsp3) is 0.391. The van der Waals surface area contributed by atoms with Crippen molar-refractivity contribution in [1.82, 2.24) is 14.7 Å². The average Bonchev–Trinajstić information content (AvgIpc) is 2.73. The zero-order valence-corrected chi connectivity index (χ0v) is 17.6. The minimum Gasteiger partial charge on any atom is -0.336 e. The molecule has 2 fully saturated rings. The molecule has 0 aliphatic carbocycles. The van der Waals surface area contributed by atoms with Crippen molar-refractivity contribution < 1.29 is 9.59 Å². The molecule has 4 rings (SSSR count). The standard InChI is InChI=1S/C23H26ClN3O2/c1-23(2)16-26(22(29)18-8-10-19(24)11-9-18)15-20-14-25(12-13-27(20)23)21(28)17-6-4-3-5-7-17/h3-11,20H,12-16H2,1-2H3. The summed E-state index contributed by atoms with van der Waals surface area (Å²) < 4.78 is 0. The van der Waals surface area contributed by atoms with Crippen molar-refractivity contribution in [2.24, 2.45) is 0 Å². The van der Waals surface area contributed by atoms with E-state index in [-0.39, 0.29) is 23.4 Å². The van der Waals surface area contributed by atoms with Gasteiger partial charge < -0.3 is 9.80 Å². The van der Waals surface area contributed by atoms with Crippen molar-refractivity contribution in [3.05, 3.63) is 70.7 Å². The number of fused-ring (bicyclic) bond motifs is 1. The SMILES string of the molecule is CC1(C)CN(C(=O)c2ccc(Cl)cc2)CC2CN(C(=O)c3ccccc3)CCN21. The van der Waals surface area contributed by atoms with Gasteiger partial charge >= 0.3 is 0 Å². The zero-order valence-electron chi connectivity index (χ0n) is 16.8. The monoisotopic (exact) mass is 411 g/mol. The lowest BCUT2D eigenvalue weighted by Crippen LogP contribution is -2.70. The van der Waals surface area contributed by atoms with Crippen LogP contribution < -0.4 is 0 Å². The highest BCUT2D eigenvalue weighted by Gasteiger charge is 2.44. The number of carbonyl (C=O) groups excluding carboxylic acids is 2. The van der Waals surface area contributed by atoms with Crippen LogP contribution in [0.15, 0.2) is 54.6 Å². The van der Waals surface area contributed by atoms with E-state index in [1.165, 1.54) is 0 Å². The Hall–Kier alpha value is -2.37. The summed E-state index contributed by atoms with van der Waals surface area (Å²) in [5.74, 6) is 0.0742. The van der Waals surface area contributed by atoms with Crippen molar-refractivity contribution in [3.63, 3.8) is 0 Å². The van der Waals surface area contributed by atoms with Gasteiger partial charge in [-0.25, -0.2) is 0 Å². The van der Waals surface area contributed by atoms with Crippen LogP contribution in [-0.2, 0) is 0 Å². The molecule has 1 unspecified atom stereocenters. The van der Waals surface area contributed by atoms with Crippen molar-refractivity contribution >= 4 is 23.4 Å². The molecule has 152 valence electrons. The summed E-state index contributed by atoms with van der Waals surface area (Å²) in [6.45, 7) is 7.78. The van der Waals surface area contributed by atoms with E-state index < -0.39 is 0 Å². The van der Waals surface area contributed by atoms with E-state index >= 15 is 0 Å². The van der Waals surface area contributed by atoms with E-state index in [1.54, 1.807) is 24.3 Å². The maximum Gasteiger partial charge on any atom is 0.253 e. The number of piperazine rings is 2. The molecule has 0 N–H and O–H groups in total. The first-order chi connectivity index (χ1) is 13.8. The number of carbonyl (C=O) groups is 2. The second-order valence-electron chi connectivity index (χ2n) is 8.47. The summed E-state index contributed by atoms with van der Waals surface area (Å²) in [7, 11) is 0. The molecular weight excluding hydrogens is 386 g/mol. The summed E-state index contributed by atoms with van der Waals surface area (Å²) in [4.78, 5) is 32.3. The molecule has 2 aromatic carbocycles. The second kappa shape index (κ2) is 7.81. The Morgan fingerprint density at radius 1 is 0.862 bits per heavy atom. The molecule has 2 aliphatic rings. The molecule has 1 atom stereocenters. The van der Waals surface area contributed by atoms with Crippen LogP contribution in [0.4, 0.5) is 0 Å². The Balaban J connectivity index is 1.52. The summed E-state index contributed by atoms with van der Waals surface area (Å²) >= 11 is 5.97. The van der Waals surface area contributed by atoms with Gasteiger partial charge in [0.25, 0.3) is 11.8 Å². The van der Waals surface area contributed by atoms with Crippen LogP contribution in [0, 0.1) is 0 Å². The molecule has 0 bridgehead atoms. The third-order valence-electron chi connectivity index (χ3n) is 5.96. The van der Waals surface area contributed by atoms with Crippen LogP contribution >= 0.6 is 11.6 Å². The minimum atomic E-state index is -0.146. The maximum absolute atomic E-state index is 13.1. The quantitative estimate of drug-likeness (QED) is 0.760. The molecule has 2 amide bonds. The van der Waals surface area contributed by atoms with Crippen molar-refractivity contribution in [3.8, 4) is 0 Å². The molecule has 5 nitrogen and oxygen atoms in total. The first-order valence-electron chi connectivity index (χ1n) is 10.0. The molecule has 2 heterocycles. The van der Waals surface area contributed by atoms with Crippen LogP contribution in [0.3, 0.4) is 0 Å². The van der Waals surface area contributed by atoms with E-state index in [0.717, 1.165) is 6.54 Å². The Morgan fingerprint density at radius 2 is 1.45 bits per heavy atom. The second-order valence-corrected chi connectivity index (χ2v) is 8.91. The van der Waals surface area contributed by atoms with E-state index in [4.69, 9.17) is 11.6 Å². The van der Waals surface area contributed by atoms with Gasteiger partial charge in [0.05, 0.1) is 0 Å². The lowest BCUT2D eigenvalue weighted by Gasteiger charge is -2.55. The third-order valence-corrected chi connectivity index (χ3v) is 6.21. The van der Waals surface area contributed by atoms with Crippen LogP contribution in [0.25, 0.3) is 0 Å². The van der Waals surface area contributed by atoms with Gasteiger partial charge in [-0.2, -0.15) is 0 Å². The fourth-order valence-electron chi connectivity index (χ4n) is 4.56. The number of benzene rings is 2. The molecule has 2 aromatic rings. The van der Waals surface area contributed by atoms with Gasteiger partial charge in [0.15, 0.2) is 0 Å². The van der Waals surface area contributed by atoms with Crippen molar-refractivity contribution in [2.45, 2.75) is 25.4 Å². The Bertz CT molecular complexity index is 898. The summed E-state index contributed by atoms with van der Waals surface area (Å²) in [5.41, 5.74) is 1.21. The zero-order chi connectivity index (χ0) is 20.6. The van der Waals surface area contributed by atoms with Crippen molar-refractivity contribution in [2.75, 3.05) is 32.7 Å². The largest absolute Gasteiger partial charge is 0.336 e. The maximum atomic E-state index is 13.1. The van der Waals surface area contributed by atoms with Gasteiger partial charge in [-0.05, 0) is 50.2 Å². The highest BCUT2D eigenvalue weighted by Crippen LogP contribution is 2.29. The van der Waals surface area contributed by atoms with E-state index in [9.17, 15) is 9.59 Å². The topological polar surface area (TPSA) is 43.9 Å². The molecule has 2 saturated heterocycles. The number of rotatable bonds is 2. The predicted octanol–water partition coefficient (Wildman–Crippen LogP) is 3.40. The minimum absolute atomic E-state index is 0.0147. The lowest BCUT2D eigenvalue weighted by molar-refractivity contribution is -0.0507. The van der Waals surface area contributed by atoms with Crippen LogP contribution in [0.1, 0.15) is 34.6 Å². The molecule has 6 heteroatoms. The van der Waals surface area contributed by atoms with E-state index in [0.29, 0.717) is 42.3 Å². The van der Waals surface area contributed by atoms with Gasteiger partial charge in [-0.1, -0.05) is 29.8 Å². The first kappa shape index (κ1) is 19.9. The Labute approximate surface area is 176 Å². The predicted molar refractivity (Wildman–Crippen MR) is 114 cm³/mol. The lowest BCUT2D eigenvalue weighted by atomic mass is 9.92. The summed E-state index contributed by atoms with van der Waals surface area (Å²) in [6, 6.07) is 16.6. The number of halogens is 1. The van der Waals surface area contributed by atoms with Crippen molar-refractivity contribution in [1.29, 1.82) is 0 Å². The third kappa shape index (κ3) is 4.02. The average molecular weight is 412 g/mol. The Morgan fingerprint density at radius 3 is 2.14 bits per heavy atom. The smallest absolute Gasteiger partial charge is 0.253 e. The van der Waals surface area contributed by atoms with Gasteiger partial charge in [0.2, 0.25) is 0 Å². The normalized spacial score (nSPS) is 21.6.